The van der Waals surface area contributed by atoms with E-state index in [0.717, 1.165) is 50.4 Å². The number of fused-ring (bicyclic) bond motifs is 5. The molecule has 0 spiro atoms. The van der Waals surface area contributed by atoms with Crippen LogP contribution in [0.5, 0.6) is 0 Å². The van der Waals surface area contributed by atoms with E-state index in [0.29, 0.717) is 41.4 Å². The van der Waals surface area contributed by atoms with Crippen LogP contribution in [0.25, 0.3) is 0 Å². The second-order valence-electron chi connectivity index (χ2n) is 11.1. The predicted octanol–water partition coefficient (Wildman–Crippen LogP) is 5.31. The molecule has 0 heterocycles. The van der Waals surface area contributed by atoms with Crippen molar-refractivity contribution in [2.24, 2.45) is 46.8 Å². The molecule has 0 bridgehead atoms. The van der Waals surface area contributed by atoms with Crippen LogP contribution in [0.3, 0.4) is 0 Å². The maximum absolute atomic E-state index is 11.3. The Morgan fingerprint density at radius 1 is 1.04 bits per heavy atom. The van der Waals surface area contributed by atoms with Gasteiger partial charge in [-0.15, -0.1) is 0 Å². The van der Waals surface area contributed by atoms with Crippen molar-refractivity contribution in [3.8, 4) is 6.07 Å². The Hall–Kier alpha value is -0.590. The molecule has 3 heteroatoms. The van der Waals surface area contributed by atoms with Gasteiger partial charge < -0.3 is 10.2 Å². The second kappa shape index (κ2) is 8.27. The quantitative estimate of drug-likeness (QED) is 0.629. The lowest BCUT2D eigenvalue weighted by molar-refractivity contribution is -0.142. The van der Waals surface area contributed by atoms with Crippen molar-refractivity contribution in [1.82, 2.24) is 0 Å². The number of aliphatic hydroxyl groups is 2. The number of hydrogen-bond donors (Lipinski definition) is 2. The van der Waals surface area contributed by atoms with E-state index >= 15 is 0 Å². The molecule has 0 saturated heterocycles. The van der Waals surface area contributed by atoms with Gasteiger partial charge in [0.2, 0.25) is 0 Å². The smallest absolute Gasteiger partial charge is 0.0621 e. The molecule has 0 aromatic rings. The highest BCUT2D eigenvalue weighted by Gasteiger charge is 2.58. The van der Waals surface area contributed by atoms with Gasteiger partial charge >= 0.3 is 0 Å². The van der Waals surface area contributed by atoms with Crippen LogP contribution in [0.15, 0.2) is 0 Å². The Labute approximate surface area is 171 Å². The third-order valence-electron chi connectivity index (χ3n) is 9.96. The molecule has 0 amide bonds. The summed E-state index contributed by atoms with van der Waals surface area (Å²) >= 11 is 0. The highest BCUT2D eigenvalue weighted by Crippen LogP contribution is 2.64. The Bertz CT molecular complexity index is 586. The maximum atomic E-state index is 11.3. The van der Waals surface area contributed by atoms with E-state index < -0.39 is 0 Å². The number of rotatable bonds is 5. The lowest BCUT2D eigenvalue weighted by atomic mass is 9.46. The summed E-state index contributed by atoms with van der Waals surface area (Å²) in [5.41, 5.74) is 0.342. The van der Waals surface area contributed by atoms with Gasteiger partial charge in [-0.3, -0.25) is 0 Å². The van der Waals surface area contributed by atoms with Crippen LogP contribution < -0.4 is 0 Å². The van der Waals surface area contributed by atoms with E-state index in [1.807, 2.05) is 0 Å². The largest absolute Gasteiger partial charge is 0.393 e. The van der Waals surface area contributed by atoms with Gasteiger partial charge in [0, 0.05) is 6.42 Å². The zero-order chi connectivity index (χ0) is 19.9. The SMILES string of the molecule is C[C@H](CCCCC#N)[C@H]1CC[C@H]2[C@@H]3CC[C@@H]4C[C@H](O)CC[C@]4(C)[C@H]3C[C@H](O)[C@@H]21. The van der Waals surface area contributed by atoms with Crippen LogP contribution in [0.2, 0.25) is 0 Å². The number of aliphatic hydroxyl groups excluding tert-OH is 2. The summed E-state index contributed by atoms with van der Waals surface area (Å²) < 4.78 is 0. The molecular formula is C25H41NO2. The first kappa shape index (κ1) is 20.7. The molecule has 0 aliphatic heterocycles. The zero-order valence-corrected chi connectivity index (χ0v) is 18.0. The molecule has 4 rings (SSSR count). The molecule has 4 fully saturated rings. The average Bonchev–Trinajstić information content (AvgIpc) is 3.12. The van der Waals surface area contributed by atoms with Gasteiger partial charge in [0.1, 0.15) is 0 Å². The minimum Gasteiger partial charge on any atom is -0.393 e. The number of nitrogens with zero attached hydrogens (tertiary/aromatic N) is 1. The summed E-state index contributed by atoms with van der Waals surface area (Å²) in [7, 11) is 0. The topological polar surface area (TPSA) is 64.2 Å². The summed E-state index contributed by atoms with van der Waals surface area (Å²) in [6, 6.07) is 2.27. The lowest BCUT2D eigenvalue weighted by Crippen LogP contribution is -2.55. The Morgan fingerprint density at radius 2 is 1.82 bits per heavy atom. The van der Waals surface area contributed by atoms with Gasteiger partial charge in [-0.25, -0.2) is 0 Å². The molecule has 3 nitrogen and oxygen atoms in total. The van der Waals surface area contributed by atoms with Crippen molar-refractivity contribution < 1.29 is 10.2 Å². The van der Waals surface area contributed by atoms with Crippen LogP contribution in [0, 0.1) is 58.2 Å². The van der Waals surface area contributed by atoms with Gasteiger partial charge in [0.05, 0.1) is 18.3 Å². The number of nitriles is 1. The summed E-state index contributed by atoms with van der Waals surface area (Å²) in [5.74, 6) is 4.74. The Morgan fingerprint density at radius 3 is 2.61 bits per heavy atom. The van der Waals surface area contributed by atoms with Gasteiger partial charge in [-0.05, 0) is 105 Å². The molecule has 10 atom stereocenters. The third-order valence-corrected chi connectivity index (χ3v) is 9.96. The molecule has 4 saturated carbocycles. The molecule has 2 N–H and O–H groups in total. The van der Waals surface area contributed by atoms with Crippen LogP contribution in [0.4, 0.5) is 0 Å². The van der Waals surface area contributed by atoms with Crippen molar-refractivity contribution in [2.75, 3.05) is 0 Å². The highest BCUT2D eigenvalue weighted by atomic mass is 16.3. The minimum atomic E-state index is -0.122. The summed E-state index contributed by atoms with van der Waals surface area (Å²) in [5, 5.41) is 30.3. The van der Waals surface area contributed by atoms with Crippen molar-refractivity contribution >= 4 is 0 Å². The van der Waals surface area contributed by atoms with Crippen molar-refractivity contribution in [2.45, 2.75) is 103 Å². The molecular weight excluding hydrogens is 346 g/mol. The van der Waals surface area contributed by atoms with E-state index in [2.05, 4.69) is 19.9 Å². The minimum absolute atomic E-state index is 0.0892. The standard InChI is InChI=1S/C25H41NO2/c1-16(6-4-3-5-13-26)19-9-10-21-20-8-7-17-14-18(27)11-12-25(17,2)22(20)15-23(28)24(19)21/h16-24,27-28H,3-12,14-15H2,1-2H3/t16-,17-,18-,19-,20+,21+,22+,23+,24-,25+/m1/s1. The molecule has 4 aliphatic carbocycles. The normalized spacial score (nSPS) is 48.8. The van der Waals surface area contributed by atoms with Gasteiger partial charge in [-0.2, -0.15) is 5.26 Å². The van der Waals surface area contributed by atoms with E-state index in [4.69, 9.17) is 5.26 Å². The predicted molar refractivity (Wildman–Crippen MR) is 111 cm³/mol. The first-order valence-electron chi connectivity index (χ1n) is 12.2. The van der Waals surface area contributed by atoms with Crippen molar-refractivity contribution in [3.63, 3.8) is 0 Å². The molecule has 0 unspecified atom stereocenters. The fourth-order valence-electron chi connectivity index (χ4n) is 8.50. The fourth-order valence-corrected chi connectivity index (χ4v) is 8.50. The first-order chi connectivity index (χ1) is 13.5. The molecule has 4 aliphatic rings. The number of hydrogen-bond acceptors (Lipinski definition) is 3. The first-order valence-corrected chi connectivity index (χ1v) is 12.2. The molecule has 0 radical (unpaired) electrons. The van der Waals surface area contributed by atoms with Crippen LogP contribution >= 0.6 is 0 Å². The molecule has 28 heavy (non-hydrogen) atoms. The lowest BCUT2D eigenvalue weighted by Gasteiger charge is -2.60. The second-order valence-corrected chi connectivity index (χ2v) is 11.1. The van der Waals surface area contributed by atoms with E-state index in [-0.39, 0.29) is 12.2 Å². The molecule has 158 valence electrons. The summed E-state index contributed by atoms with van der Waals surface area (Å²) in [4.78, 5) is 0. The summed E-state index contributed by atoms with van der Waals surface area (Å²) in [6.45, 7) is 4.90. The van der Waals surface area contributed by atoms with Crippen LogP contribution in [-0.2, 0) is 0 Å². The van der Waals surface area contributed by atoms with Gasteiger partial charge in [0.15, 0.2) is 0 Å². The van der Waals surface area contributed by atoms with Crippen LogP contribution in [0.1, 0.15) is 90.9 Å². The van der Waals surface area contributed by atoms with Crippen molar-refractivity contribution in [1.29, 1.82) is 5.26 Å². The molecule has 0 aromatic carbocycles. The average molecular weight is 388 g/mol. The van der Waals surface area contributed by atoms with E-state index in [1.54, 1.807) is 0 Å². The summed E-state index contributed by atoms with van der Waals surface area (Å²) in [6.07, 6.45) is 13.2. The Balaban J connectivity index is 1.45. The van der Waals surface area contributed by atoms with Crippen LogP contribution in [-0.4, -0.2) is 22.4 Å². The molecule has 0 aromatic heterocycles. The van der Waals surface area contributed by atoms with Gasteiger partial charge in [-0.1, -0.05) is 26.7 Å². The number of unbranched alkanes of at least 4 members (excludes halogenated alkanes) is 2. The Kier molecular flexibility index (Phi) is 6.11. The van der Waals surface area contributed by atoms with E-state index in [9.17, 15) is 10.2 Å². The highest BCUT2D eigenvalue weighted by molar-refractivity contribution is 5.08. The fraction of sp³-hybridized carbons (Fsp3) is 0.960. The third kappa shape index (κ3) is 3.54. The zero-order valence-electron chi connectivity index (χ0n) is 18.0. The van der Waals surface area contributed by atoms with E-state index in [1.165, 1.54) is 32.1 Å². The maximum Gasteiger partial charge on any atom is 0.0621 e. The van der Waals surface area contributed by atoms with Crippen molar-refractivity contribution in [3.05, 3.63) is 0 Å². The monoisotopic (exact) mass is 387 g/mol. The van der Waals surface area contributed by atoms with Gasteiger partial charge in [0.25, 0.3) is 0 Å².